The fourth-order valence-electron chi connectivity index (χ4n) is 2.85. The molecule has 1 atom stereocenters. The van der Waals surface area contributed by atoms with Gasteiger partial charge in [-0.05, 0) is 37.1 Å². The van der Waals surface area contributed by atoms with Crippen molar-refractivity contribution in [3.63, 3.8) is 0 Å². The molecule has 0 saturated carbocycles. The molecular weight excluding hydrogens is 312 g/mol. The summed E-state index contributed by atoms with van der Waals surface area (Å²) in [4.78, 5) is 26.2. The second-order valence-electron chi connectivity index (χ2n) is 5.69. The van der Waals surface area contributed by atoms with Gasteiger partial charge in [0.2, 0.25) is 5.91 Å². The number of amides is 2. The van der Waals surface area contributed by atoms with Gasteiger partial charge in [-0.15, -0.1) is 0 Å². The number of imide groups is 1. The standard InChI is InChI=1S/C18H17ClN2O2/c1-11-6-5-7-12(2)17(11)20-14-10-16(22)21(18(14)23)15-9-4-3-8-13(15)19/h3-9,14,20H,10H2,1-2H3/t14-/m1/s1. The van der Waals surface area contributed by atoms with Crippen LogP contribution in [0.3, 0.4) is 0 Å². The van der Waals surface area contributed by atoms with Gasteiger partial charge in [-0.2, -0.15) is 0 Å². The summed E-state index contributed by atoms with van der Waals surface area (Å²) in [7, 11) is 0. The molecule has 3 rings (SSSR count). The summed E-state index contributed by atoms with van der Waals surface area (Å²) < 4.78 is 0. The number of nitrogens with zero attached hydrogens (tertiary/aromatic N) is 1. The van der Waals surface area contributed by atoms with Crippen LogP contribution in [-0.4, -0.2) is 17.9 Å². The molecule has 1 N–H and O–H groups in total. The topological polar surface area (TPSA) is 49.4 Å². The molecule has 0 aromatic heterocycles. The van der Waals surface area contributed by atoms with E-state index < -0.39 is 6.04 Å². The molecule has 2 aromatic rings. The van der Waals surface area contributed by atoms with E-state index in [1.165, 1.54) is 4.90 Å². The van der Waals surface area contributed by atoms with Crippen molar-refractivity contribution in [2.24, 2.45) is 0 Å². The maximum Gasteiger partial charge on any atom is 0.256 e. The Labute approximate surface area is 140 Å². The summed E-state index contributed by atoms with van der Waals surface area (Å²) in [6, 6.07) is 12.2. The van der Waals surface area contributed by atoms with E-state index in [1.807, 2.05) is 32.0 Å². The summed E-state index contributed by atoms with van der Waals surface area (Å²) in [6.07, 6.45) is 0.123. The molecule has 0 spiro atoms. The number of carbonyl (C=O) groups excluding carboxylic acids is 2. The van der Waals surface area contributed by atoms with Gasteiger partial charge in [0.1, 0.15) is 6.04 Å². The molecule has 0 bridgehead atoms. The maximum atomic E-state index is 12.7. The molecule has 1 heterocycles. The van der Waals surface area contributed by atoms with E-state index in [0.717, 1.165) is 16.8 Å². The Kier molecular flexibility index (Phi) is 4.09. The summed E-state index contributed by atoms with van der Waals surface area (Å²) in [6.45, 7) is 3.95. The molecular formula is C18H17ClN2O2. The third-order valence-electron chi connectivity index (χ3n) is 4.04. The fraction of sp³-hybridized carbons (Fsp3) is 0.222. The molecule has 2 amide bonds. The van der Waals surface area contributed by atoms with Crippen LogP contribution in [0.15, 0.2) is 42.5 Å². The Morgan fingerprint density at radius 3 is 2.35 bits per heavy atom. The number of carbonyl (C=O) groups is 2. The average Bonchev–Trinajstić information content (AvgIpc) is 2.78. The lowest BCUT2D eigenvalue weighted by Crippen LogP contribution is -2.35. The van der Waals surface area contributed by atoms with Gasteiger partial charge < -0.3 is 5.32 Å². The zero-order valence-corrected chi connectivity index (χ0v) is 13.7. The van der Waals surface area contributed by atoms with Gasteiger partial charge in [0.25, 0.3) is 5.91 Å². The number of para-hydroxylation sites is 2. The zero-order chi connectivity index (χ0) is 16.6. The van der Waals surface area contributed by atoms with Crippen LogP contribution in [-0.2, 0) is 9.59 Å². The first-order valence-corrected chi connectivity index (χ1v) is 7.81. The fourth-order valence-corrected chi connectivity index (χ4v) is 3.07. The number of benzene rings is 2. The second kappa shape index (κ2) is 6.05. The van der Waals surface area contributed by atoms with Crippen LogP contribution in [0.25, 0.3) is 0 Å². The molecule has 0 aliphatic carbocycles. The first kappa shape index (κ1) is 15.6. The number of hydrogen-bond acceptors (Lipinski definition) is 3. The molecule has 5 heteroatoms. The molecule has 0 unspecified atom stereocenters. The van der Waals surface area contributed by atoms with Crippen LogP contribution in [0.4, 0.5) is 11.4 Å². The van der Waals surface area contributed by atoms with Crippen LogP contribution in [0, 0.1) is 13.8 Å². The highest BCUT2D eigenvalue weighted by molar-refractivity contribution is 6.36. The van der Waals surface area contributed by atoms with Crippen molar-refractivity contribution in [2.45, 2.75) is 26.3 Å². The predicted octanol–water partition coefficient (Wildman–Crippen LogP) is 3.70. The lowest BCUT2D eigenvalue weighted by Gasteiger charge is -2.19. The number of halogens is 1. The third kappa shape index (κ3) is 2.82. The summed E-state index contributed by atoms with van der Waals surface area (Å²) in [5.41, 5.74) is 3.43. The van der Waals surface area contributed by atoms with Gasteiger partial charge >= 0.3 is 0 Å². The first-order chi connectivity index (χ1) is 11.0. The lowest BCUT2D eigenvalue weighted by molar-refractivity contribution is -0.121. The van der Waals surface area contributed by atoms with Gasteiger partial charge in [-0.3, -0.25) is 9.59 Å². The molecule has 1 saturated heterocycles. The highest BCUT2D eigenvalue weighted by Gasteiger charge is 2.40. The molecule has 1 fully saturated rings. The van der Waals surface area contributed by atoms with Crippen molar-refractivity contribution in [3.8, 4) is 0 Å². The van der Waals surface area contributed by atoms with Crippen molar-refractivity contribution >= 4 is 34.8 Å². The Hall–Kier alpha value is -2.33. The zero-order valence-electron chi connectivity index (χ0n) is 13.0. The minimum Gasteiger partial charge on any atom is -0.373 e. The first-order valence-electron chi connectivity index (χ1n) is 7.43. The molecule has 2 aromatic carbocycles. The van der Waals surface area contributed by atoms with Crippen molar-refractivity contribution in [1.29, 1.82) is 0 Å². The Bertz CT molecular complexity index is 768. The molecule has 1 aliphatic heterocycles. The van der Waals surface area contributed by atoms with Crippen molar-refractivity contribution in [2.75, 3.05) is 10.2 Å². The quantitative estimate of drug-likeness (QED) is 0.874. The van der Waals surface area contributed by atoms with Crippen LogP contribution in [0.1, 0.15) is 17.5 Å². The van der Waals surface area contributed by atoms with E-state index in [1.54, 1.807) is 24.3 Å². The summed E-state index contributed by atoms with van der Waals surface area (Å²) in [5.74, 6) is -0.516. The molecule has 23 heavy (non-hydrogen) atoms. The van der Waals surface area contributed by atoms with Crippen LogP contribution < -0.4 is 10.2 Å². The highest BCUT2D eigenvalue weighted by atomic mass is 35.5. The van der Waals surface area contributed by atoms with Gasteiger partial charge in [-0.25, -0.2) is 4.90 Å². The Morgan fingerprint density at radius 2 is 1.70 bits per heavy atom. The second-order valence-corrected chi connectivity index (χ2v) is 6.09. The summed E-state index contributed by atoms with van der Waals surface area (Å²) in [5, 5.41) is 3.61. The van der Waals surface area contributed by atoms with Gasteiger partial charge in [0.15, 0.2) is 0 Å². The predicted molar refractivity (Wildman–Crippen MR) is 91.9 cm³/mol. The SMILES string of the molecule is Cc1cccc(C)c1N[C@@H]1CC(=O)N(c2ccccc2Cl)C1=O. The minimum absolute atomic E-state index is 0.123. The molecule has 1 aliphatic rings. The molecule has 118 valence electrons. The number of anilines is 2. The van der Waals surface area contributed by atoms with Gasteiger partial charge in [0, 0.05) is 5.69 Å². The van der Waals surface area contributed by atoms with E-state index in [-0.39, 0.29) is 18.2 Å². The van der Waals surface area contributed by atoms with E-state index >= 15 is 0 Å². The number of aryl methyl sites for hydroxylation is 2. The van der Waals surface area contributed by atoms with E-state index in [2.05, 4.69) is 5.32 Å². The van der Waals surface area contributed by atoms with E-state index in [4.69, 9.17) is 11.6 Å². The largest absolute Gasteiger partial charge is 0.373 e. The van der Waals surface area contributed by atoms with Crippen molar-refractivity contribution in [1.82, 2.24) is 0 Å². The van der Waals surface area contributed by atoms with E-state index in [9.17, 15) is 9.59 Å². The number of rotatable bonds is 3. The van der Waals surface area contributed by atoms with Gasteiger partial charge in [0.05, 0.1) is 17.1 Å². The Balaban J connectivity index is 1.89. The van der Waals surface area contributed by atoms with Crippen LogP contribution in [0.5, 0.6) is 0 Å². The minimum atomic E-state index is -0.571. The number of hydrogen-bond donors (Lipinski definition) is 1. The summed E-state index contributed by atoms with van der Waals surface area (Å²) >= 11 is 6.13. The average molecular weight is 329 g/mol. The van der Waals surface area contributed by atoms with Crippen LogP contribution in [0.2, 0.25) is 5.02 Å². The molecule has 4 nitrogen and oxygen atoms in total. The maximum absolute atomic E-state index is 12.7. The lowest BCUT2D eigenvalue weighted by atomic mass is 10.1. The normalized spacial score (nSPS) is 17.7. The number of nitrogens with one attached hydrogen (secondary N) is 1. The monoisotopic (exact) mass is 328 g/mol. The van der Waals surface area contributed by atoms with Crippen molar-refractivity contribution < 1.29 is 9.59 Å². The Morgan fingerprint density at radius 1 is 1.04 bits per heavy atom. The molecule has 0 radical (unpaired) electrons. The van der Waals surface area contributed by atoms with Crippen molar-refractivity contribution in [3.05, 3.63) is 58.6 Å². The highest BCUT2D eigenvalue weighted by Crippen LogP contribution is 2.31. The van der Waals surface area contributed by atoms with E-state index in [0.29, 0.717) is 10.7 Å². The van der Waals surface area contributed by atoms with Gasteiger partial charge in [-0.1, -0.05) is 41.9 Å². The third-order valence-corrected chi connectivity index (χ3v) is 4.36. The smallest absolute Gasteiger partial charge is 0.256 e. The van der Waals surface area contributed by atoms with Crippen LogP contribution >= 0.6 is 11.6 Å².